The number of hydrogen-bond acceptors (Lipinski definition) is 2. The van der Waals surface area contributed by atoms with Gasteiger partial charge in [0.05, 0.1) is 0 Å². The predicted octanol–water partition coefficient (Wildman–Crippen LogP) is 2.91. The van der Waals surface area contributed by atoms with Gasteiger partial charge in [-0.2, -0.15) is 0 Å². The molecule has 1 aromatic carbocycles. The summed E-state index contributed by atoms with van der Waals surface area (Å²) in [5.74, 6) is -0.429. The summed E-state index contributed by atoms with van der Waals surface area (Å²) in [7, 11) is 0. The third kappa shape index (κ3) is 4.59. The van der Waals surface area contributed by atoms with E-state index in [2.05, 4.69) is 5.32 Å². The molecule has 136 valence electrons. The second-order valence-corrected chi connectivity index (χ2v) is 7.20. The molecule has 1 saturated carbocycles. The van der Waals surface area contributed by atoms with Crippen LogP contribution in [0.2, 0.25) is 0 Å². The van der Waals surface area contributed by atoms with E-state index in [9.17, 15) is 14.0 Å². The van der Waals surface area contributed by atoms with Crippen LogP contribution in [0, 0.1) is 17.7 Å². The largest absolute Gasteiger partial charge is 0.356 e. The van der Waals surface area contributed by atoms with Crippen molar-refractivity contribution in [2.24, 2.45) is 11.8 Å². The molecule has 2 unspecified atom stereocenters. The van der Waals surface area contributed by atoms with Crippen LogP contribution in [-0.2, 0) is 16.0 Å². The van der Waals surface area contributed by atoms with Crippen LogP contribution in [-0.4, -0.2) is 36.3 Å². The molecule has 0 spiro atoms. The zero-order chi connectivity index (χ0) is 17.6. The van der Waals surface area contributed by atoms with E-state index >= 15 is 0 Å². The molecule has 0 bridgehead atoms. The van der Waals surface area contributed by atoms with Gasteiger partial charge in [-0.05, 0) is 49.8 Å². The topological polar surface area (TPSA) is 49.4 Å². The van der Waals surface area contributed by atoms with Gasteiger partial charge < -0.3 is 10.2 Å². The minimum absolute atomic E-state index is 0.000594. The van der Waals surface area contributed by atoms with Gasteiger partial charge >= 0.3 is 0 Å². The molecule has 5 heteroatoms. The smallest absolute Gasteiger partial charge is 0.226 e. The van der Waals surface area contributed by atoms with Gasteiger partial charge in [0, 0.05) is 31.5 Å². The SMILES string of the molecule is O=C(NCCc1ccc(F)cc1)C1CCCCC1C(=O)N1CCCC1. The van der Waals surface area contributed by atoms with Gasteiger partial charge in [-0.3, -0.25) is 9.59 Å². The molecule has 1 heterocycles. The Bertz CT molecular complexity index is 596. The number of nitrogens with one attached hydrogen (secondary N) is 1. The lowest BCUT2D eigenvalue weighted by molar-refractivity contribution is -0.142. The number of carbonyl (C=O) groups is 2. The van der Waals surface area contributed by atoms with Crippen molar-refractivity contribution in [3.63, 3.8) is 0 Å². The minimum Gasteiger partial charge on any atom is -0.356 e. The van der Waals surface area contributed by atoms with Crippen molar-refractivity contribution in [1.29, 1.82) is 0 Å². The molecule has 1 aliphatic carbocycles. The Kier molecular flexibility index (Phi) is 6.05. The summed E-state index contributed by atoms with van der Waals surface area (Å²) in [5, 5.41) is 2.99. The van der Waals surface area contributed by atoms with Crippen LogP contribution < -0.4 is 5.32 Å². The summed E-state index contributed by atoms with van der Waals surface area (Å²) in [4.78, 5) is 27.3. The van der Waals surface area contributed by atoms with Crippen LogP contribution in [0.5, 0.6) is 0 Å². The van der Waals surface area contributed by atoms with Crippen LogP contribution in [0.15, 0.2) is 24.3 Å². The average Bonchev–Trinajstić information content (AvgIpc) is 3.17. The van der Waals surface area contributed by atoms with E-state index in [-0.39, 0.29) is 29.5 Å². The first kappa shape index (κ1) is 17.9. The molecule has 2 amide bonds. The van der Waals surface area contributed by atoms with E-state index in [4.69, 9.17) is 0 Å². The van der Waals surface area contributed by atoms with Gasteiger partial charge in [-0.1, -0.05) is 25.0 Å². The third-order valence-corrected chi connectivity index (χ3v) is 5.46. The molecule has 1 N–H and O–H groups in total. The lowest BCUT2D eigenvalue weighted by Gasteiger charge is -2.32. The third-order valence-electron chi connectivity index (χ3n) is 5.46. The average molecular weight is 346 g/mol. The van der Waals surface area contributed by atoms with Gasteiger partial charge in [-0.15, -0.1) is 0 Å². The fourth-order valence-corrected chi connectivity index (χ4v) is 4.02. The Balaban J connectivity index is 1.53. The van der Waals surface area contributed by atoms with Gasteiger partial charge in [0.1, 0.15) is 5.82 Å². The zero-order valence-corrected chi connectivity index (χ0v) is 14.7. The Morgan fingerprint density at radius 2 is 1.64 bits per heavy atom. The number of carbonyl (C=O) groups excluding carboxylic acids is 2. The molecule has 2 aliphatic rings. The van der Waals surface area contributed by atoms with Gasteiger partial charge in [0.15, 0.2) is 0 Å². The maximum atomic E-state index is 12.9. The van der Waals surface area contributed by atoms with Crippen LogP contribution in [0.1, 0.15) is 44.1 Å². The highest BCUT2D eigenvalue weighted by Gasteiger charge is 2.38. The number of hydrogen-bond donors (Lipinski definition) is 1. The molecule has 1 aromatic rings. The second kappa shape index (κ2) is 8.45. The molecule has 1 saturated heterocycles. The summed E-state index contributed by atoms with van der Waals surface area (Å²) >= 11 is 0. The monoisotopic (exact) mass is 346 g/mol. The van der Waals surface area contributed by atoms with Crippen LogP contribution in [0.3, 0.4) is 0 Å². The number of rotatable bonds is 5. The number of nitrogens with zero attached hydrogens (tertiary/aromatic N) is 1. The van der Waals surface area contributed by atoms with Crippen molar-refractivity contribution in [3.8, 4) is 0 Å². The van der Waals surface area contributed by atoms with E-state index in [1.54, 1.807) is 12.1 Å². The Hall–Kier alpha value is -1.91. The summed E-state index contributed by atoms with van der Waals surface area (Å²) < 4.78 is 12.9. The molecular weight excluding hydrogens is 319 g/mol. The van der Waals surface area contributed by atoms with Gasteiger partial charge in [0.2, 0.25) is 11.8 Å². The van der Waals surface area contributed by atoms with Crippen molar-refractivity contribution in [2.45, 2.75) is 44.9 Å². The molecule has 3 rings (SSSR count). The predicted molar refractivity (Wildman–Crippen MR) is 94.4 cm³/mol. The fraction of sp³-hybridized carbons (Fsp3) is 0.600. The number of benzene rings is 1. The van der Waals surface area contributed by atoms with E-state index < -0.39 is 0 Å². The maximum Gasteiger partial charge on any atom is 0.226 e. The van der Waals surface area contributed by atoms with Crippen LogP contribution in [0.25, 0.3) is 0 Å². The molecule has 25 heavy (non-hydrogen) atoms. The van der Waals surface area contributed by atoms with E-state index in [1.165, 1.54) is 12.1 Å². The maximum absolute atomic E-state index is 12.9. The Morgan fingerprint density at radius 3 is 2.32 bits per heavy atom. The number of amides is 2. The van der Waals surface area contributed by atoms with E-state index in [1.807, 2.05) is 4.90 Å². The lowest BCUT2D eigenvalue weighted by atomic mass is 9.78. The summed E-state index contributed by atoms with van der Waals surface area (Å²) in [6.45, 7) is 2.20. The van der Waals surface area contributed by atoms with E-state index in [0.29, 0.717) is 13.0 Å². The summed E-state index contributed by atoms with van der Waals surface area (Å²) in [6.07, 6.45) is 6.49. The molecule has 2 atom stereocenters. The molecular formula is C20H27FN2O2. The standard InChI is InChI=1S/C20H27FN2O2/c21-16-9-7-15(8-10-16)11-12-22-19(24)17-5-1-2-6-18(17)20(25)23-13-3-4-14-23/h7-10,17-18H,1-6,11-14H2,(H,22,24). The quantitative estimate of drug-likeness (QED) is 0.891. The van der Waals surface area contributed by atoms with Crippen LogP contribution in [0.4, 0.5) is 4.39 Å². The Labute approximate surface area is 148 Å². The molecule has 0 aromatic heterocycles. The normalized spacial score (nSPS) is 23.5. The lowest BCUT2D eigenvalue weighted by Crippen LogP contribution is -2.45. The minimum atomic E-state index is -0.252. The van der Waals surface area contributed by atoms with Crippen molar-refractivity contribution >= 4 is 11.8 Å². The highest BCUT2D eigenvalue weighted by molar-refractivity contribution is 5.88. The fourth-order valence-electron chi connectivity index (χ4n) is 4.02. The van der Waals surface area contributed by atoms with Gasteiger partial charge in [0.25, 0.3) is 0 Å². The number of halogens is 1. The second-order valence-electron chi connectivity index (χ2n) is 7.20. The van der Waals surface area contributed by atoms with Crippen molar-refractivity contribution < 1.29 is 14.0 Å². The van der Waals surface area contributed by atoms with Crippen molar-refractivity contribution in [2.75, 3.05) is 19.6 Å². The summed E-state index contributed by atoms with van der Waals surface area (Å²) in [6, 6.07) is 6.34. The molecule has 4 nitrogen and oxygen atoms in total. The molecule has 2 fully saturated rings. The van der Waals surface area contributed by atoms with Crippen molar-refractivity contribution in [1.82, 2.24) is 10.2 Å². The summed E-state index contributed by atoms with van der Waals surface area (Å²) in [5.41, 5.74) is 0.995. The zero-order valence-electron chi connectivity index (χ0n) is 14.7. The highest BCUT2D eigenvalue weighted by Crippen LogP contribution is 2.32. The Morgan fingerprint density at radius 1 is 1.00 bits per heavy atom. The molecule has 0 radical (unpaired) electrons. The molecule has 1 aliphatic heterocycles. The van der Waals surface area contributed by atoms with E-state index in [0.717, 1.165) is 57.2 Å². The highest BCUT2D eigenvalue weighted by atomic mass is 19.1. The van der Waals surface area contributed by atoms with Crippen LogP contribution >= 0.6 is 0 Å². The number of likely N-dealkylation sites (tertiary alicyclic amines) is 1. The van der Waals surface area contributed by atoms with Gasteiger partial charge in [-0.25, -0.2) is 4.39 Å². The first-order chi connectivity index (χ1) is 12.1. The first-order valence-corrected chi connectivity index (χ1v) is 9.46. The first-order valence-electron chi connectivity index (χ1n) is 9.46. The van der Waals surface area contributed by atoms with Crippen molar-refractivity contribution in [3.05, 3.63) is 35.6 Å².